The molecule has 8 nitrogen and oxygen atoms in total. The summed E-state index contributed by atoms with van der Waals surface area (Å²) in [7, 11) is -3.99. The van der Waals surface area contributed by atoms with Gasteiger partial charge >= 0.3 is 10.1 Å². The Bertz CT molecular complexity index is 1290. The van der Waals surface area contributed by atoms with E-state index in [1.165, 1.54) is 6.42 Å². The third-order valence-electron chi connectivity index (χ3n) is 6.24. The molecule has 174 valence electrons. The summed E-state index contributed by atoms with van der Waals surface area (Å²) in [5, 5.41) is 2.76. The SMILES string of the molecule is CC1(C)CCCN(c2ccc(S(=O)(=O)Oc3ccc4nc(NC(=O)C5CC5)[nH]c4c3)cc2)C1. The lowest BCUT2D eigenvalue weighted by molar-refractivity contribution is -0.117. The average Bonchev–Trinajstić information content (AvgIpc) is 3.54. The van der Waals surface area contributed by atoms with Gasteiger partial charge in [0.1, 0.15) is 10.6 Å². The van der Waals surface area contributed by atoms with Crippen molar-refractivity contribution in [2.75, 3.05) is 23.3 Å². The maximum atomic E-state index is 12.8. The Morgan fingerprint density at radius 1 is 1.18 bits per heavy atom. The Labute approximate surface area is 193 Å². The van der Waals surface area contributed by atoms with Crippen LogP contribution in [0.1, 0.15) is 39.5 Å². The summed E-state index contributed by atoms with van der Waals surface area (Å²) in [6, 6.07) is 11.6. The molecule has 0 bridgehead atoms. The van der Waals surface area contributed by atoms with Gasteiger partial charge in [0.15, 0.2) is 0 Å². The van der Waals surface area contributed by atoms with Gasteiger partial charge in [0.05, 0.1) is 11.0 Å². The predicted molar refractivity (Wildman–Crippen MR) is 127 cm³/mol. The van der Waals surface area contributed by atoms with Crippen molar-refractivity contribution in [1.29, 1.82) is 0 Å². The molecule has 1 aliphatic heterocycles. The van der Waals surface area contributed by atoms with Crippen LogP contribution in [0.4, 0.5) is 11.6 Å². The smallest absolute Gasteiger partial charge is 0.339 e. The molecule has 2 N–H and O–H groups in total. The van der Waals surface area contributed by atoms with Crippen molar-refractivity contribution in [3.8, 4) is 5.75 Å². The number of aromatic amines is 1. The van der Waals surface area contributed by atoms with Crippen LogP contribution in [0.2, 0.25) is 0 Å². The van der Waals surface area contributed by atoms with Gasteiger partial charge in [-0.3, -0.25) is 10.1 Å². The number of nitrogens with one attached hydrogen (secondary N) is 2. The number of anilines is 2. The molecule has 33 heavy (non-hydrogen) atoms. The van der Waals surface area contributed by atoms with Crippen molar-refractivity contribution in [3.05, 3.63) is 42.5 Å². The van der Waals surface area contributed by atoms with Crippen LogP contribution in [0.3, 0.4) is 0 Å². The molecular weight excluding hydrogens is 440 g/mol. The molecular formula is C24H28N4O4S. The Kier molecular flexibility index (Phi) is 5.31. The highest BCUT2D eigenvalue weighted by Crippen LogP contribution is 2.33. The van der Waals surface area contributed by atoms with Gasteiger partial charge in [-0.1, -0.05) is 13.8 Å². The molecule has 1 saturated carbocycles. The first-order chi connectivity index (χ1) is 15.7. The van der Waals surface area contributed by atoms with Crippen LogP contribution < -0.4 is 14.4 Å². The van der Waals surface area contributed by atoms with Crippen molar-refractivity contribution in [2.45, 2.75) is 44.4 Å². The molecule has 1 amide bonds. The first kappa shape index (κ1) is 21.8. The predicted octanol–water partition coefficient (Wildman–Crippen LogP) is 4.31. The molecule has 1 aliphatic carbocycles. The van der Waals surface area contributed by atoms with Crippen molar-refractivity contribution < 1.29 is 17.4 Å². The Morgan fingerprint density at radius 3 is 2.64 bits per heavy atom. The standard InChI is InChI=1S/C24H28N4O4S/c1-24(2)12-3-13-28(15-24)17-6-9-19(10-7-17)33(30,31)32-18-8-11-20-21(14-18)26-23(25-20)27-22(29)16-4-5-16/h6-11,14,16H,3-5,12-13,15H2,1-2H3,(H2,25,26,27,29). The van der Waals surface area contributed by atoms with Crippen molar-refractivity contribution in [1.82, 2.24) is 9.97 Å². The maximum absolute atomic E-state index is 12.8. The van der Waals surface area contributed by atoms with Crippen LogP contribution >= 0.6 is 0 Å². The summed E-state index contributed by atoms with van der Waals surface area (Å²) in [6.07, 6.45) is 4.12. The van der Waals surface area contributed by atoms with Gasteiger partial charge in [0, 0.05) is 30.8 Å². The number of nitrogens with zero attached hydrogens (tertiary/aromatic N) is 2. The summed E-state index contributed by atoms with van der Waals surface area (Å²) in [5.41, 5.74) is 2.45. The molecule has 3 aromatic rings. The zero-order chi connectivity index (χ0) is 23.2. The van der Waals surface area contributed by atoms with Crippen LogP contribution in [0.25, 0.3) is 11.0 Å². The summed E-state index contributed by atoms with van der Waals surface area (Å²) in [6.45, 7) is 6.43. The van der Waals surface area contributed by atoms with Gasteiger partial charge < -0.3 is 14.1 Å². The number of piperidine rings is 1. The van der Waals surface area contributed by atoms with E-state index < -0.39 is 10.1 Å². The highest BCUT2D eigenvalue weighted by atomic mass is 32.2. The normalized spacial score (nSPS) is 18.3. The van der Waals surface area contributed by atoms with Gasteiger partial charge in [-0.25, -0.2) is 4.98 Å². The molecule has 2 fully saturated rings. The van der Waals surface area contributed by atoms with E-state index in [4.69, 9.17) is 4.18 Å². The lowest BCUT2D eigenvalue weighted by atomic mass is 9.84. The second kappa shape index (κ2) is 8.06. The molecule has 2 aliphatic rings. The lowest BCUT2D eigenvalue weighted by Crippen LogP contribution is -2.40. The summed E-state index contributed by atoms with van der Waals surface area (Å²) in [5.74, 6) is 0.533. The van der Waals surface area contributed by atoms with E-state index in [1.54, 1.807) is 30.3 Å². The van der Waals surface area contributed by atoms with E-state index in [-0.39, 0.29) is 27.9 Å². The Hall–Kier alpha value is -3.07. The van der Waals surface area contributed by atoms with E-state index in [0.717, 1.165) is 38.0 Å². The zero-order valence-corrected chi connectivity index (χ0v) is 19.6. The zero-order valence-electron chi connectivity index (χ0n) is 18.8. The minimum atomic E-state index is -3.99. The van der Waals surface area contributed by atoms with Gasteiger partial charge in [0.2, 0.25) is 11.9 Å². The molecule has 2 aromatic carbocycles. The van der Waals surface area contributed by atoms with Crippen LogP contribution in [0, 0.1) is 11.3 Å². The first-order valence-corrected chi connectivity index (χ1v) is 12.7. The second-order valence-corrected chi connectivity index (χ2v) is 11.3. The highest BCUT2D eigenvalue weighted by molar-refractivity contribution is 7.87. The van der Waals surface area contributed by atoms with Gasteiger partial charge in [0.25, 0.3) is 0 Å². The molecule has 1 saturated heterocycles. The van der Waals surface area contributed by atoms with Crippen molar-refractivity contribution in [2.24, 2.45) is 11.3 Å². The first-order valence-electron chi connectivity index (χ1n) is 11.3. The number of carbonyl (C=O) groups excluding carboxylic acids is 1. The molecule has 0 unspecified atom stereocenters. The number of amides is 1. The summed E-state index contributed by atoms with van der Waals surface area (Å²) >= 11 is 0. The average molecular weight is 469 g/mol. The van der Waals surface area contributed by atoms with Gasteiger partial charge in [-0.2, -0.15) is 8.42 Å². The van der Waals surface area contributed by atoms with E-state index >= 15 is 0 Å². The minimum absolute atomic E-state index is 0.0512. The number of hydrogen-bond acceptors (Lipinski definition) is 6. The molecule has 0 atom stereocenters. The fourth-order valence-corrected chi connectivity index (χ4v) is 5.23. The minimum Gasteiger partial charge on any atom is -0.379 e. The lowest BCUT2D eigenvalue weighted by Gasteiger charge is -2.39. The largest absolute Gasteiger partial charge is 0.379 e. The number of rotatable bonds is 6. The van der Waals surface area contributed by atoms with Crippen LogP contribution in [0.5, 0.6) is 5.75 Å². The van der Waals surface area contributed by atoms with Crippen LogP contribution in [0.15, 0.2) is 47.4 Å². The topological polar surface area (TPSA) is 104 Å². The Morgan fingerprint density at radius 2 is 1.94 bits per heavy atom. The third kappa shape index (κ3) is 4.83. The Balaban J connectivity index is 1.30. The van der Waals surface area contributed by atoms with E-state index in [2.05, 4.69) is 34.0 Å². The molecule has 1 aromatic heterocycles. The summed E-state index contributed by atoms with van der Waals surface area (Å²) < 4.78 is 31.1. The number of carbonyl (C=O) groups is 1. The number of aromatic nitrogens is 2. The van der Waals surface area contributed by atoms with E-state index in [9.17, 15) is 13.2 Å². The number of hydrogen-bond donors (Lipinski definition) is 2. The van der Waals surface area contributed by atoms with Crippen LogP contribution in [-0.2, 0) is 14.9 Å². The van der Waals surface area contributed by atoms with E-state index in [0.29, 0.717) is 17.0 Å². The van der Waals surface area contributed by atoms with Gasteiger partial charge in [-0.05, 0) is 67.5 Å². The summed E-state index contributed by atoms with van der Waals surface area (Å²) in [4.78, 5) is 21.7. The quantitative estimate of drug-likeness (QED) is 0.523. The third-order valence-corrected chi connectivity index (χ3v) is 7.50. The fourth-order valence-electron chi connectivity index (χ4n) is 4.31. The maximum Gasteiger partial charge on any atom is 0.339 e. The van der Waals surface area contributed by atoms with Crippen molar-refractivity contribution in [3.63, 3.8) is 0 Å². The highest BCUT2D eigenvalue weighted by Gasteiger charge is 2.30. The second-order valence-electron chi connectivity index (χ2n) is 9.75. The van der Waals surface area contributed by atoms with Crippen molar-refractivity contribution >= 4 is 38.7 Å². The fraction of sp³-hybridized carbons (Fsp3) is 0.417. The van der Waals surface area contributed by atoms with Crippen LogP contribution in [-0.4, -0.2) is 37.4 Å². The number of H-pyrrole nitrogens is 1. The number of benzene rings is 2. The van der Waals surface area contributed by atoms with Gasteiger partial charge in [-0.15, -0.1) is 0 Å². The van der Waals surface area contributed by atoms with E-state index in [1.807, 2.05) is 12.1 Å². The monoisotopic (exact) mass is 468 g/mol. The molecule has 0 radical (unpaired) electrons. The molecule has 2 heterocycles. The number of imidazole rings is 1. The molecule has 9 heteroatoms. The number of fused-ring (bicyclic) bond motifs is 1. The molecule has 5 rings (SSSR count). The molecule has 0 spiro atoms.